The van der Waals surface area contributed by atoms with Crippen molar-refractivity contribution in [3.8, 4) is 0 Å². The van der Waals surface area contributed by atoms with Gasteiger partial charge >= 0.3 is 0 Å². The number of sulfonamides is 2. The van der Waals surface area contributed by atoms with Crippen LogP contribution >= 0.6 is 11.6 Å². The highest BCUT2D eigenvalue weighted by Crippen LogP contribution is 2.24. The van der Waals surface area contributed by atoms with Crippen LogP contribution < -0.4 is 14.8 Å². The van der Waals surface area contributed by atoms with E-state index in [1.165, 1.54) is 66.7 Å². The second kappa shape index (κ2) is 10.6. The van der Waals surface area contributed by atoms with E-state index in [1.807, 2.05) is 0 Å². The Labute approximate surface area is 220 Å². The summed E-state index contributed by atoms with van der Waals surface area (Å²) < 4.78 is 55.4. The molecule has 1 amide bonds. The first-order chi connectivity index (χ1) is 17.5. The Hall–Kier alpha value is -3.86. The molecule has 37 heavy (non-hydrogen) atoms. The Morgan fingerprint density at radius 2 is 1.24 bits per heavy atom. The number of hydrogen-bond acceptors (Lipinski definition) is 5. The Kier molecular flexibility index (Phi) is 7.53. The number of anilines is 3. The van der Waals surface area contributed by atoms with Gasteiger partial charge in [-0.25, -0.2) is 16.8 Å². The number of amides is 1. The van der Waals surface area contributed by atoms with Crippen LogP contribution in [-0.2, 0) is 20.0 Å². The van der Waals surface area contributed by atoms with Crippen LogP contribution in [0.3, 0.4) is 0 Å². The number of hydrogen-bond donors (Lipinski definition) is 3. The second-order valence-electron chi connectivity index (χ2n) is 8.04. The first kappa shape index (κ1) is 26.2. The molecule has 0 atom stereocenters. The van der Waals surface area contributed by atoms with E-state index in [2.05, 4.69) is 14.8 Å². The minimum Gasteiger partial charge on any atom is -0.322 e. The van der Waals surface area contributed by atoms with Crippen molar-refractivity contribution in [1.29, 1.82) is 0 Å². The van der Waals surface area contributed by atoms with Crippen molar-refractivity contribution in [3.05, 3.63) is 113 Å². The monoisotopic (exact) mass is 555 g/mol. The van der Waals surface area contributed by atoms with Crippen molar-refractivity contribution in [1.82, 2.24) is 0 Å². The van der Waals surface area contributed by atoms with E-state index in [-0.39, 0.29) is 15.4 Å². The molecule has 0 aliphatic rings. The Balaban J connectivity index is 1.41. The molecule has 0 aliphatic heterocycles. The molecular formula is C26H22ClN3O5S2. The maximum atomic E-state index is 12.8. The van der Waals surface area contributed by atoms with Gasteiger partial charge in [0.05, 0.1) is 15.5 Å². The zero-order valence-electron chi connectivity index (χ0n) is 19.5. The number of nitrogens with one attached hydrogen (secondary N) is 3. The molecule has 0 saturated heterocycles. The van der Waals surface area contributed by atoms with Crippen LogP contribution in [0.15, 0.2) is 107 Å². The normalized spacial score (nSPS) is 11.5. The Bertz CT molecular complexity index is 1640. The van der Waals surface area contributed by atoms with Gasteiger partial charge in [0.1, 0.15) is 0 Å². The molecule has 0 radical (unpaired) electrons. The van der Waals surface area contributed by atoms with Crippen LogP contribution in [-0.4, -0.2) is 22.7 Å². The summed E-state index contributed by atoms with van der Waals surface area (Å²) >= 11 is 5.97. The first-order valence-corrected chi connectivity index (χ1v) is 14.3. The summed E-state index contributed by atoms with van der Waals surface area (Å²) in [7, 11) is -7.61. The van der Waals surface area contributed by atoms with Crippen molar-refractivity contribution in [3.63, 3.8) is 0 Å². The largest absolute Gasteiger partial charge is 0.322 e. The lowest BCUT2D eigenvalue weighted by molar-refractivity contribution is 0.102. The molecule has 4 aromatic rings. The standard InChI is InChI=1S/C26H22ClN3O5S2/c1-18-7-10-20(27)17-25(18)30-37(34,35)24-15-13-21(14-16-24)28-26(31)19-8-11-22(12-9-19)29-36(32,33)23-5-3-2-4-6-23/h2-17,29-30H,1H3,(H,28,31). The van der Waals surface area contributed by atoms with Crippen molar-refractivity contribution in [2.75, 3.05) is 14.8 Å². The van der Waals surface area contributed by atoms with Gasteiger partial charge < -0.3 is 5.32 Å². The summed E-state index contributed by atoms with van der Waals surface area (Å²) in [6.07, 6.45) is 0. The van der Waals surface area contributed by atoms with Crippen molar-refractivity contribution in [2.45, 2.75) is 16.7 Å². The number of carbonyl (C=O) groups excluding carboxylic acids is 1. The number of halogens is 1. The van der Waals surface area contributed by atoms with Gasteiger partial charge in [-0.05, 0) is 85.3 Å². The number of aryl methyl sites for hydroxylation is 1. The predicted octanol–water partition coefficient (Wildman–Crippen LogP) is 5.50. The Morgan fingerprint density at radius 1 is 0.676 bits per heavy atom. The SMILES string of the molecule is Cc1ccc(Cl)cc1NS(=O)(=O)c1ccc(NC(=O)c2ccc(NS(=O)(=O)c3ccccc3)cc2)cc1. The van der Waals surface area contributed by atoms with Gasteiger partial charge in [0.15, 0.2) is 0 Å². The number of benzene rings is 4. The summed E-state index contributed by atoms with van der Waals surface area (Å²) in [4.78, 5) is 12.8. The van der Waals surface area contributed by atoms with Gasteiger partial charge in [-0.2, -0.15) is 0 Å². The molecule has 4 rings (SSSR count). The Morgan fingerprint density at radius 3 is 1.89 bits per heavy atom. The van der Waals surface area contributed by atoms with E-state index in [4.69, 9.17) is 11.6 Å². The maximum Gasteiger partial charge on any atom is 0.261 e. The molecular weight excluding hydrogens is 534 g/mol. The number of rotatable bonds is 8. The lowest BCUT2D eigenvalue weighted by Crippen LogP contribution is -2.15. The zero-order chi connectivity index (χ0) is 26.6. The van der Waals surface area contributed by atoms with E-state index in [1.54, 1.807) is 37.3 Å². The molecule has 4 aromatic carbocycles. The molecule has 0 saturated carbocycles. The van der Waals surface area contributed by atoms with E-state index in [0.717, 1.165) is 5.56 Å². The third-order valence-electron chi connectivity index (χ3n) is 5.32. The molecule has 190 valence electrons. The smallest absolute Gasteiger partial charge is 0.261 e. The lowest BCUT2D eigenvalue weighted by atomic mass is 10.2. The average Bonchev–Trinajstić information content (AvgIpc) is 2.87. The molecule has 3 N–H and O–H groups in total. The predicted molar refractivity (Wildman–Crippen MR) is 145 cm³/mol. The minimum atomic E-state index is -3.87. The molecule has 11 heteroatoms. The summed E-state index contributed by atoms with van der Waals surface area (Å²) in [5.74, 6) is -0.444. The molecule has 0 aromatic heterocycles. The highest BCUT2D eigenvalue weighted by atomic mass is 35.5. The fraction of sp³-hybridized carbons (Fsp3) is 0.0385. The quantitative estimate of drug-likeness (QED) is 0.265. The topological polar surface area (TPSA) is 121 Å². The van der Waals surface area contributed by atoms with Crippen LogP contribution in [0.1, 0.15) is 15.9 Å². The molecule has 0 bridgehead atoms. The van der Waals surface area contributed by atoms with Crippen LogP contribution in [0.5, 0.6) is 0 Å². The molecule has 0 unspecified atom stereocenters. The summed E-state index contributed by atoms with van der Waals surface area (Å²) in [5.41, 5.74) is 2.07. The summed E-state index contributed by atoms with van der Waals surface area (Å²) in [6.45, 7) is 1.76. The van der Waals surface area contributed by atoms with Crippen LogP contribution in [0.25, 0.3) is 0 Å². The van der Waals surface area contributed by atoms with Gasteiger partial charge in [0.2, 0.25) is 0 Å². The fourth-order valence-electron chi connectivity index (χ4n) is 3.33. The van der Waals surface area contributed by atoms with Crippen LogP contribution in [0, 0.1) is 6.92 Å². The molecule has 8 nitrogen and oxygen atoms in total. The third kappa shape index (κ3) is 6.48. The summed E-state index contributed by atoms with van der Waals surface area (Å²) in [6, 6.07) is 24.5. The van der Waals surface area contributed by atoms with E-state index in [9.17, 15) is 21.6 Å². The van der Waals surface area contributed by atoms with Crippen LogP contribution in [0.4, 0.5) is 17.1 Å². The van der Waals surface area contributed by atoms with Gasteiger partial charge in [-0.15, -0.1) is 0 Å². The maximum absolute atomic E-state index is 12.8. The molecule has 0 aliphatic carbocycles. The summed E-state index contributed by atoms with van der Waals surface area (Å²) in [5, 5.41) is 3.09. The minimum absolute atomic E-state index is 0.0138. The van der Waals surface area contributed by atoms with Gasteiger partial charge in [0.25, 0.3) is 26.0 Å². The zero-order valence-corrected chi connectivity index (χ0v) is 21.9. The van der Waals surface area contributed by atoms with Crippen molar-refractivity contribution in [2.24, 2.45) is 0 Å². The van der Waals surface area contributed by atoms with Crippen molar-refractivity contribution >= 4 is 54.6 Å². The van der Waals surface area contributed by atoms with E-state index in [0.29, 0.717) is 22.1 Å². The van der Waals surface area contributed by atoms with Gasteiger partial charge in [-0.3, -0.25) is 14.2 Å². The fourth-order valence-corrected chi connectivity index (χ4v) is 5.71. The van der Waals surface area contributed by atoms with E-state index < -0.39 is 26.0 Å². The average molecular weight is 556 g/mol. The van der Waals surface area contributed by atoms with Gasteiger partial charge in [-0.1, -0.05) is 35.9 Å². The third-order valence-corrected chi connectivity index (χ3v) is 8.33. The number of carbonyl (C=O) groups is 1. The second-order valence-corrected chi connectivity index (χ2v) is 11.8. The highest BCUT2D eigenvalue weighted by Gasteiger charge is 2.17. The lowest BCUT2D eigenvalue weighted by Gasteiger charge is -2.12. The van der Waals surface area contributed by atoms with Crippen LogP contribution in [0.2, 0.25) is 5.02 Å². The first-order valence-electron chi connectivity index (χ1n) is 10.9. The molecule has 0 fully saturated rings. The molecule has 0 spiro atoms. The van der Waals surface area contributed by atoms with Gasteiger partial charge in [0, 0.05) is 22.0 Å². The molecule has 0 heterocycles. The van der Waals surface area contributed by atoms with E-state index >= 15 is 0 Å². The van der Waals surface area contributed by atoms with Crippen molar-refractivity contribution < 1.29 is 21.6 Å². The highest BCUT2D eigenvalue weighted by molar-refractivity contribution is 7.93.